The number of non-ortho nitro benzene ring substituents is 1. The lowest BCUT2D eigenvalue weighted by Crippen LogP contribution is -2.59. The molecular formula is C60H50N10O10. The molecular weight excluding hydrogens is 1020 g/mol. The van der Waals surface area contributed by atoms with Crippen molar-refractivity contribution >= 4 is 52.2 Å². The summed E-state index contributed by atoms with van der Waals surface area (Å²) in [6.45, 7) is 0.323. The van der Waals surface area contributed by atoms with E-state index in [0.29, 0.717) is 58.1 Å². The van der Waals surface area contributed by atoms with Crippen LogP contribution < -0.4 is 14.5 Å². The summed E-state index contributed by atoms with van der Waals surface area (Å²) in [5, 5.41) is 30.1. The number of aliphatic hydroxyl groups excluding tert-OH is 1. The molecule has 20 heteroatoms. The number of imide groups is 1. The Bertz CT molecular complexity index is 3720. The maximum Gasteiger partial charge on any atom is 0.421 e. The van der Waals surface area contributed by atoms with Crippen molar-refractivity contribution < 1.29 is 43.4 Å². The molecule has 3 saturated heterocycles. The molecule has 3 fully saturated rings. The molecule has 4 aliphatic rings. The summed E-state index contributed by atoms with van der Waals surface area (Å²) in [4.78, 5) is 90.7. The summed E-state index contributed by atoms with van der Waals surface area (Å²) in [5.41, 5.74) is 2.07. The minimum atomic E-state index is -2.16. The van der Waals surface area contributed by atoms with E-state index in [2.05, 4.69) is 32.1 Å². The fraction of sp³-hybridized carbons (Fsp3) is 0.233. The number of para-hydroxylation sites is 1. The van der Waals surface area contributed by atoms with E-state index >= 15 is 19.2 Å². The molecule has 20 nitrogen and oxygen atoms in total. The average molecular weight is 1070 g/mol. The Morgan fingerprint density at radius 2 is 1.50 bits per heavy atom. The molecule has 6 heterocycles. The number of ether oxygens (including phenoxy) is 3. The van der Waals surface area contributed by atoms with Crippen molar-refractivity contribution in [2.75, 3.05) is 49.2 Å². The number of anilines is 2. The molecule has 6 unspecified atom stereocenters. The number of aliphatic hydroxyl groups is 1. The molecule has 6 atom stereocenters. The number of hydrogen-bond donors (Lipinski definition) is 1. The first kappa shape index (κ1) is 50.9. The maximum atomic E-state index is 16.9. The number of nitrogens with zero attached hydrogens (tertiary/aromatic N) is 10. The van der Waals surface area contributed by atoms with Gasteiger partial charge in [-0.05, 0) is 88.5 Å². The Morgan fingerprint density at radius 3 is 2.24 bits per heavy atom. The summed E-state index contributed by atoms with van der Waals surface area (Å²) in [6.07, 6.45) is 1.20. The molecule has 12 rings (SSSR count). The van der Waals surface area contributed by atoms with Crippen LogP contribution in [0.4, 0.5) is 22.1 Å². The molecule has 0 saturated carbocycles. The van der Waals surface area contributed by atoms with Gasteiger partial charge in [-0.25, -0.2) is 24.3 Å². The molecule has 0 bridgehead atoms. The highest BCUT2D eigenvalue weighted by Gasteiger charge is 2.76. The zero-order chi connectivity index (χ0) is 54.9. The summed E-state index contributed by atoms with van der Waals surface area (Å²) >= 11 is 0. The van der Waals surface area contributed by atoms with Gasteiger partial charge in [0.25, 0.3) is 5.69 Å². The van der Waals surface area contributed by atoms with Crippen molar-refractivity contribution in [1.29, 1.82) is 0 Å². The number of carbonyl (C=O) groups excluding carboxylic acids is 4. The second-order valence-corrected chi connectivity index (χ2v) is 19.7. The van der Waals surface area contributed by atoms with Crippen molar-refractivity contribution in [2.24, 2.45) is 5.92 Å². The third-order valence-electron chi connectivity index (χ3n) is 15.3. The zero-order valence-corrected chi connectivity index (χ0v) is 42.8. The quantitative estimate of drug-likeness (QED) is 0.0568. The van der Waals surface area contributed by atoms with Crippen LogP contribution in [0.25, 0.3) is 11.0 Å². The van der Waals surface area contributed by atoms with Crippen molar-refractivity contribution in [3.63, 3.8) is 0 Å². The first-order chi connectivity index (χ1) is 39.1. The second kappa shape index (κ2) is 21.5. The zero-order valence-electron chi connectivity index (χ0n) is 42.8. The summed E-state index contributed by atoms with van der Waals surface area (Å²) in [5.74, 6) is 3.53. The van der Waals surface area contributed by atoms with E-state index in [1.54, 1.807) is 70.5 Å². The van der Waals surface area contributed by atoms with Crippen molar-refractivity contribution in [2.45, 2.75) is 42.8 Å². The monoisotopic (exact) mass is 1070 g/mol. The van der Waals surface area contributed by atoms with E-state index in [1.165, 1.54) is 24.3 Å². The van der Waals surface area contributed by atoms with Gasteiger partial charge in [0, 0.05) is 56.3 Å². The molecule has 6 aromatic carbocycles. The van der Waals surface area contributed by atoms with Gasteiger partial charge in [0.05, 0.1) is 40.7 Å². The summed E-state index contributed by atoms with van der Waals surface area (Å²) in [7, 11) is 0. The normalized spacial score (nSPS) is 21.4. The predicted octanol–water partition coefficient (Wildman–Crippen LogP) is 6.90. The molecule has 3 amide bonds. The Kier molecular flexibility index (Phi) is 13.7. The number of amides is 3. The molecule has 4 aliphatic heterocycles. The third kappa shape index (κ3) is 9.06. The van der Waals surface area contributed by atoms with Gasteiger partial charge >= 0.3 is 12.1 Å². The highest BCUT2D eigenvalue weighted by Crippen LogP contribution is 2.66. The average Bonchev–Trinajstić information content (AvgIpc) is 3.83. The number of benzene rings is 6. The fourth-order valence-corrected chi connectivity index (χ4v) is 11.8. The number of rotatable bonds is 12. The number of nitro benzene ring substituents is 1. The first-order valence-electron chi connectivity index (χ1n) is 26.0. The van der Waals surface area contributed by atoms with Crippen molar-refractivity contribution in [3.8, 4) is 17.6 Å². The highest BCUT2D eigenvalue weighted by atomic mass is 16.6. The number of nitro groups is 1. The number of cyclic esters (lactones) is 1. The van der Waals surface area contributed by atoms with Crippen LogP contribution in [0.1, 0.15) is 51.6 Å². The molecule has 0 aliphatic carbocycles. The van der Waals surface area contributed by atoms with Crippen LogP contribution in [0.5, 0.6) is 5.75 Å². The summed E-state index contributed by atoms with van der Waals surface area (Å²) in [6, 6.07) is 41.8. The second-order valence-electron chi connectivity index (χ2n) is 19.7. The fourth-order valence-electron chi connectivity index (χ4n) is 11.8. The highest BCUT2D eigenvalue weighted by molar-refractivity contribution is 6.23. The lowest BCUT2D eigenvalue weighted by atomic mass is 9.64. The van der Waals surface area contributed by atoms with Gasteiger partial charge in [-0.3, -0.25) is 29.4 Å². The Hall–Kier alpha value is -9.84. The van der Waals surface area contributed by atoms with E-state index in [0.717, 1.165) is 10.4 Å². The minimum Gasteiger partial charge on any atom is -0.491 e. The lowest BCUT2D eigenvalue weighted by molar-refractivity contribution is -0.384. The maximum absolute atomic E-state index is 16.9. The minimum absolute atomic E-state index is 0.0652. The van der Waals surface area contributed by atoms with Gasteiger partial charge < -0.3 is 29.1 Å². The Morgan fingerprint density at radius 1 is 0.787 bits per heavy atom. The molecule has 2 aromatic heterocycles. The van der Waals surface area contributed by atoms with E-state index in [9.17, 15) is 15.2 Å². The molecule has 80 heavy (non-hydrogen) atoms. The van der Waals surface area contributed by atoms with Crippen molar-refractivity contribution in [3.05, 3.63) is 214 Å². The number of morpholine rings is 1. The van der Waals surface area contributed by atoms with Crippen LogP contribution in [0.2, 0.25) is 0 Å². The molecule has 400 valence electrons. The first-order valence-corrected chi connectivity index (χ1v) is 26.0. The van der Waals surface area contributed by atoms with Gasteiger partial charge in [0.1, 0.15) is 48.6 Å². The van der Waals surface area contributed by atoms with Gasteiger partial charge in [0.2, 0.25) is 17.8 Å². The van der Waals surface area contributed by atoms with Gasteiger partial charge in [-0.2, -0.15) is 0 Å². The van der Waals surface area contributed by atoms with Crippen LogP contribution in [-0.2, 0) is 42.4 Å². The topological polar surface area (TPSA) is 229 Å². The number of hydrogen-bond acceptors (Lipinski definition) is 16. The summed E-state index contributed by atoms with van der Waals surface area (Å²) < 4.78 is 20.4. The van der Waals surface area contributed by atoms with Crippen molar-refractivity contribution in [1.82, 2.24) is 34.8 Å². The van der Waals surface area contributed by atoms with E-state index in [-0.39, 0.29) is 56.4 Å². The van der Waals surface area contributed by atoms with Gasteiger partial charge in [-0.15, -0.1) is 5.10 Å². The molecule has 0 radical (unpaired) electrons. The smallest absolute Gasteiger partial charge is 0.421 e. The number of aromatic nitrogens is 5. The number of piperazine rings is 1. The number of fused-ring (bicyclic) bond motifs is 4. The van der Waals surface area contributed by atoms with E-state index in [1.807, 2.05) is 94.7 Å². The number of carbonyl (C=O) groups is 4. The predicted molar refractivity (Wildman–Crippen MR) is 289 cm³/mol. The third-order valence-corrected chi connectivity index (χ3v) is 15.3. The number of esters is 1. The van der Waals surface area contributed by atoms with Gasteiger partial charge in [0.15, 0.2) is 0 Å². The molecule has 8 aromatic rings. The standard InChI is InChI=1S/C60H50N10O10/c71-34-35-78-45-18-9-17-43(37-45)54-60(46-36-39(12-10-29-67-49-20-8-7-19-47(49)63-64-67)23-26-48(46)68(57(60)74)59(75)79-38-40-21-24-44(25-22-40)70(76)77)50(55(72)65-30-32-66(33-31-65)58-61-27-11-28-62-58)52-56(73)80-53(42-15-5-2-6-16-42)51(69(52)54)41-13-3-1-4-14-41/h1-9,11,13-28,36-37,50-54,71H,29-35,38H2. The Balaban J connectivity index is 1.08. The lowest BCUT2D eigenvalue weighted by Gasteiger charge is -2.46. The van der Waals surface area contributed by atoms with Crippen LogP contribution in [-0.4, -0.2) is 114 Å². The molecule has 1 N–H and O–H groups in total. The van der Waals surface area contributed by atoms with E-state index in [4.69, 9.17) is 14.2 Å². The SMILES string of the molecule is O=C1OC(c2ccccc2)C(c2ccccc2)N2C1C(C(=O)N1CCN(c3ncccn3)CC1)C1(C(=O)N(C(=O)OCc3ccc([N+](=O)[O-])cc3)c3ccc(C#CCn4nnc5ccccc54)cc31)C2c1cccc(OCCO)c1. The van der Waals surface area contributed by atoms with Crippen LogP contribution in [0.15, 0.2) is 170 Å². The van der Waals surface area contributed by atoms with Crippen LogP contribution >= 0.6 is 0 Å². The van der Waals surface area contributed by atoms with Crippen LogP contribution in [0.3, 0.4) is 0 Å². The Labute approximate surface area is 457 Å². The van der Waals surface area contributed by atoms with E-state index < -0.39 is 64.4 Å². The van der Waals surface area contributed by atoms with Crippen LogP contribution in [0, 0.1) is 27.9 Å². The molecule has 1 spiro atoms. The largest absolute Gasteiger partial charge is 0.491 e. The van der Waals surface area contributed by atoms with Gasteiger partial charge in [-0.1, -0.05) is 102 Å².